The molecule has 1 nitrogen and oxygen atoms in total. The monoisotopic (exact) mass is 179 g/mol. The normalized spacial score (nSPS) is 11.8. The minimum Gasteiger partial charge on any atom is -0.198 e. The number of rotatable bonds is 6. The van der Waals surface area contributed by atoms with Crippen molar-refractivity contribution in [1.29, 1.82) is 5.26 Å². The molecule has 0 aliphatic heterocycles. The number of nitrogens with zero attached hydrogens (tertiary/aromatic N) is 1. The molecule has 0 spiro atoms. The lowest BCUT2D eigenvalue weighted by Gasteiger charge is -2.13. The Kier molecular flexibility index (Phi) is 6.32. The molecule has 1 heteroatoms. The zero-order chi connectivity index (χ0) is 10.2. The average Bonchev–Trinajstić information content (AvgIpc) is 2.11. The van der Waals surface area contributed by atoms with Crippen LogP contribution < -0.4 is 0 Å². The summed E-state index contributed by atoms with van der Waals surface area (Å²) in [6.07, 6.45) is 10.2. The van der Waals surface area contributed by atoms with Crippen LogP contribution in [0, 0.1) is 16.7 Å². The van der Waals surface area contributed by atoms with Crippen LogP contribution in [0.2, 0.25) is 0 Å². The maximum Gasteiger partial charge on any atom is 0.0683 e. The van der Waals surface area contributed by atoms with Gasteiger partial charge in [0.1, 0.15) is 0 Å². The van der Waals surface area contributed by atoms with Crippen LogP contribution in [0.5, 0.6) is 0 Å². The van der Waals surface area contributed by atoms with Crippen molar-refractivity contribution < 1.29 is 0 Å². The Bertz CT molecular complexity index is 184. The van der Waals surface area contributed by atoms with Gasteiger partial charge in [0.15, 0.2) is 0 Å². The van der Waals surface area contributed by atoms with Gasteiger partial charge >= 0.3 is 0 Å². The molecule has 0 heterocycles. The molecule has 0 saturated carbocycles. The standard InChI is InChI=1S/C12H21N/c1-4-5-6-7-8-9-10-12(2,3)11-13/h4-5H,6-10H2,1-3H3. The minimum absolute atomic E-state index is 0.124. The van der Waals surface area contributed by atoms with E-state index in [4.69, 9.17) is 5.26 Å². The van der Waals surface area contributed by atoms with E-state index in [1.54, 1.807) is 0 Å². The second-order valence-electron chi connectivity index (χ2n) is 4.16. The highest BCUT2D eigenvalue weighted by Gasteiger charge is 2.14. The molecule has 0 bridgehead atoms. The second kappa shape index (κ2) is 6.71. The second-order valence-corrected chi connectivity index (χ2v) is 4.16. The van der Waals surface area contributed by atoms with E-state index in [1.807, 2.05) is 13.8 Å². The van der Waals surface area contributed by atoms with E-state index in [9.17, 15) is 0 Å². The third kappa shape index (κ3) is 7.59. The molecule has 74 valence electrons. The molecule has 0 aromatic heterocycles. The maximum absolute atomic E-state index is 8.77. The van der Waals surface area contributed by atoms with Crippen LogP contribution in [0.1, 0.15) is 52.9 Å². The Morgan fingerprint density at radius 3 is 2.46 bits per heavy atom. The Morgan fingerprint density at radius 2 is 1.92 bits per heavy atom. The Balaban J connectivity index is 3.32. The summed E-state index contributed by atoms with van der Waals surface area (Å²) in [5.41, 5.74) is -0.124. The maximum atomic E-state index is 8.77. The van der Waals surface area contributed by atoms with Crippen LogP contribution in [0.15, 0.2) is 12.2 Å². The molecule has 0 rings (SSSR count). The van der Waals surface area contributed by atoms with Gasteiger partial charge in [-0.25, -0.2) is 0 Å². The van der Waals surface area contributed by atoms with E-state index < -0.39 is 0 Å². The smallest absolute Gasteiger partial charge is 0.0683 e. The van der Waals surface area contributed by atoms with Crippen LogP contribution in [-0.4, -0.2) is 0 Å². The Labute approximate surface area is 82.5 Å². The van der Waals surface area contributed by atoms with Crippen molar-refractivity contribution in [3.63, 3.8) is 0 Å². The number of hydrogen-bond acceptors (Lipinski definition) is 1. The number of allylic oxidation sites excluding steroid dienone is 2. The fourth-order valence-corrected chi connectivity index (χ4v) is 1.23. The van der Waals surface area contributed by atoms with Crippen molar-refractivity contribution in [3.8, 4) is 6.07 Å². The molecule has 0 atom stereocenters. The van der Waals surface area contributed by atoms with Crippen LogP contribution in [0.25, 0.3) is 0 Å². The van der Waals surface area contributed by atoms with Gasteiger partial charge in [-0.15, -0.1) is 0 Å². The molecule has 0 aliphatic rings. The van der Waals surface area contributed by atoms with Gasteiger partial charge in [-0.3, -0.25) is 0 Å². The predicted molar refractivity (Wildman–Crippen MR) is 57.3 cm³/mol. The van der Waals surface area contributed by atoms with Crippen molar-refractivity contribution in [2.45, 2.75) is 52.9 Å². The zero-order valence-corrected chi connectivity index (χ0v) is 9.14. The minimum atomic E-state index is -0.124. The quantitative estimate of drug-likeness (QED) is 0.445. The molecule has 0 aromatic rings. The first-order chi connectivity index (χ1) is 6.12. The van der Waals surface area contributed by atoms with E-state index in [-0.39, 0.29) is 5.41 Å². The van der Waals surface area contributed by atoms with Gasteiger partial charge in [-0.05, 0) is 40.0 Å². The lowest BCUT2D eigenvalue weighted by atomic mass is 9.89. The third-order valence-electron chi connectivity index (χ3n) is 2.21. The average molecular weight is 179 g/mol. The summed E-state index contributed by atoms with van der Waals surface area (Å²) in [6, 6.07) is 2.33. The van der Waals surface area contributed by atoms with Crippen LogP contribution in [0.3, 0.4) is 0 Å². The molecule has 0 saturated heterocycles. The first-order valence-electron chi connectivity index (χ1n) is 5.15. The lowest BCUT2D eigenvalue weighted by Crippen LogP contribution is -2.06. The first-order valence-corrected chi connectivity index (χ1v) is 5.15. The van der Waals surface area contributed by atoms with Gasteiger partial charge in [0.25, 0.3) is 0 Å². The number of hydrogen-bond donors (Lipinski definition) is 0. The first kappa shape index (κ1) is 12.2. The van der Waals surface area contributed by atoms with E-state index in [2.05, 4.69) is 25.1 Å². The highest BCUT2D eigenvalue weighted by atomic mass is 14.3. The van der Waals surface area contributed by atoms with E-state index in [0.717, 1.165) is 6.42 Å². The number of unbranched alkanes of at least 4 members (excludes halogenated alkanes) is 3. The van der Waals surface area contributed by atoms with Gasteiger partial charge in [0, 0.05) is 0 Å². The molecular formula is C12H21N. The van der Waals surface area contributed by atoms with Gasteiger partial charge in [-0.2, -0.15) is 5.26 Å². The van der Waals surface area contributed by atoms with Crippen molar-refractivity contribution >= 4 is 0 Å². The van der Waals surface area contributed by atoms with Gasteiger partial charge in [0.2, 0.25) is 0 Å². The molecule has 0 amide bonds. The summed E-state index contributed by atoms with van der Waals surface area (Å²) in [5, 5.41) is 8.77. The fraction of sp³-hybridized carbons (Fsp3) is 0.750. The Hall–Kier alpha value is -0.770. The molecule has 13 heavy (non-hydrogen) atoms. The lowest BCUT2D eigenvalue weighted by molar-refractivity contribution is 0.423. The van der Waals surface area contributed by atoms with Crippen molar-refractivity contribution in [1.82, 2.24) is 0 Å². The van der Waals surface area contributed by atoms with Crippen molar-refractivity contribution in [2.24, 2.45) is 5.41 Å². The molecular weight excluding hydrogens is 158 g/mol. The van der Waals surface area contributed by atoms with Crippen LogP contribution >= 0.6 is 0 Å². The molecule has 0 aliphatic carbocycles. The summed E-state index contributed by atoms with van der Waals surface area (Å²) < 4.78 is 0. The predicted octanol–water partition coefficient (Wildman–Crippen LogP) is 4.06. The molecule has 0 unspecified atom stereocenters. The summed E-state index contributed by atoms with van der Waals surface area (Å²) in [5.74, 6) is 0. The SMILES string of the molecule is CC=CCCCCCC(C)(C)C#N. The van der Waals surface area contributed by atoms with Crippen molar-refractivity contribution in [3.05, 3.63) is 12.2 Å². The van der Waals surface area contributed by atoms with E-state index >= 15 is 0 Å². The molecule has 0 N–H and O–H groups in total. The number of nitriles is 1. The van der Waals surface area contributed by atoms with Crippen LogP contribution in [-0.2, 0) is 0 Å². The summed E-state index contributed by atoms with van der Waals surface area (Å²) in [6.45, 7) is 6.08. The Morgan fingerprint density at radius 1 is 1.23 bits per heavy atom. The summed E-state index contributed by atoms with van der Waals surface area (Å²) in [7, 11) is 0. The topological polar surface area (TPSA) is 23.8 Å². The van der Waals surface area contributed by atoms with E-state index in [1.165, 1.54) is 25.7 Å². The van der Waals surface area contributed by atoms with E-state index in [0.29, 0.717) is 0 Å². The summed E-state index contributed by atoms with van der Waals surface area (Å²) in [4.78, 5) is 0. The molecule has 0 fully saturated rings. The van der Waals surface area contributed by atoms with Crippen molar-refractivity contribution in [2.75, 3.05) is 0 Å². The fourth-order valence-electron chi connectivity index (χ4n) is 1.23. The highest BCUT2D eigenvalue weighted by molar-refractivity contribution is 4.91. The third-order valence-corrected chi connectivity index (χ3v) is 2.21. The van der Waals surface area contributed by atoms with Gasteiger partial charge < -0.3 is 0 Å². The summed E-state index contributed by atoms with van der Waals surface area (Å²) >= 11 is 0. The zero-order valence-electron chi connectivity index (χ0n) is 9.14. The highest BCUT2D eigenvalue weighted by Crippen LogP contribution is 2.22. The van der Waals surface area contributed by atoms with Gasteiger partial charge in [0.05, 0.1) is 11.5 Å². The largest absolute Gasteiger partial charge is 0.198 e. The van der Waals surface area contributed by atoms with Gasteiger partial charge in [-0.1, -0.05) is 25.0 Å². The molecule has 0 radical (unpaired) electrons. The van der Waals surface area contributed by atoms with Crippen LogP contribution in [0.4, 0.5) is 0 Å². The molecule has 0 aromatic carbocycles.